The monoisotopic (exact) mass is 459 g/mol. The average molecular weight is 460 g/mol. The summed E-state index contributed by atoms with van der Waals surface area (Å²) in [6, 6.07) is 11.6. The number of amides is 1. The number of ether oxygens (including phenoxy) is 1. The predicted molar refractivity (Wildman–Crippen MR) is 126 cm³/mol. The van der Waals surface area contributed by atoms with E-state index in [1.54, 1.807) is 43.3 Å². The van der Waals surface area contributed by atoms with Crippen molar-refractivity contribution in [3.63, 3.8) is 0 Å². The largest absolute Gasteiger partial charge is 0.462 e. The summed E-state index contributed by atoms with van der Waals surface area (Å²) in [6.45, 7) is 4.57. The SMILES string of the molecule is CCNC(=O)c1ccc(C(N)CNc2ncc(C(=O)OCC)c(-c3ccc(C#N)cc3)n2)nc1. The van der Waals surface area contributed by atoms with E-state index >= 15 is 0 Å². The minimum atomic E-state index is -0.540. The van der Waals surface area contributed by atoms with E-state index in [9.17, 15) is 9.59 Å². The Morgan fingerprint density at radius 1 is 1.12 bits per heavy atom. The van der Waals surface area contributed by atoms with Crippen LogP contribution in [0.25, 0.3) is 11.3 Å². The first kappa shape index (κ1) is 24.3. The van der Waals surface area contributed by atoms with Gasteiger partial charge >= 0.3 is 5.97 Å². The lowest BCUT2D eigenvalue weighted by atomic mass is 10.1. The van der Waals surface area contributed by atoms with Crippen molar-refractivity contribution in [1.82, 2.24) is 20.3 Å². The van der Waals surface area contributed by atoms with Crippen molar-refractivity contribution in [2.75, 3.05) is 25.0 Å². The molecule has 3 aromatic rings. The molecule has 0 aliphatic carbocycles. The lowest BCUT2D eigenvalue weighted by Gasteiger charge is -2.14. The summed E-state index contributed by atoms with van der Waals surface area (Å²) in [5, 5.41) is 14.8. The first-order chi connectivity index (χ1) is 16.5. The van der Waals surface area contributed by atoms with E-state index in [4.69, 9.17) is 15.7 Å². The Balaban J connectivity index is 1.78. The molecule has 2 aromatic heterocycles. The van der Waals surface area contributed by atoms with Crippen LogP contribution in [0.15, 0.2) is 48.8 Å². The number of benzene rings is 1. The summed E-state index contributed by atoms with van der Waals surface area (Å²) in [5.74, 6) is -0.470. The number of hydrogen-bond acceptors (Lipinski definition) is 9. The van der Waals surface area contributed by atoms with Crippen molar-refractivity contribution < 1.29 is 14.3 Å². The third-order valence-electron chi connectivity index (χ3n) is 4.82. The lowest BCUT2D eigenvalue weighted by molar-refractivity contribution is 0.0526. The molecule has 1 unspecified atom stereocenters. The average Bonchev–Trinajstić information content (AvgIpc) is 2.87. The van der Waals surface area contributed by atoms with Crippen LogP contribution in [-0.2, 0) is 4.74 Å². The molecule has 1 aromatic carbocycles. The molecule has 2 heterocycles. The van der Waals surface area contributed by atoms with Gasteiger partial charge in [0.05, 0.1) is 41.2 Å². The van der Waals surface area contributed by atoms with Crippen LogP contribution in [0, 0.1) is 11.3 Å². The molecule has 0 fully saturated rings. The van der Waals surface area contributed by atoms with Gasteiger partial charge in [0, 0.05) is 31.0 Å². The molecule has 174 valence electrons. The number of nitrogens with zero attached hydrogens (tertiary/aromatic N) is 4. The molecule has 34 heavy (non-hydrogen) atoms. The Bertz CT molecular complexity index is 1190. The van der Waals surface area contributed by atoms with Gasteiger partial charge in [-0.15, -0.1) is 0 Å². The summed E-state index contributed by atoms with van der Waals surface area (Å²) >= 11 is 0. The molecule has 10 nitrogen and oxygen atoms in total. The zero-order valence-electron chi connectivity index (χ0n) is 18.9. The van der Waals surface area contributed by atoms with E-state index in [0.717, 1.165) is 0 Å². The van der Waals surface area contributed by atoms with Crippen LogP contribution >= 0.6 is 0 Å². The highest BCUT2D eigenvalue weighted by molar-refractivity contribution is 5.96. The summed E-state index contributed by atoms with van der Waals surface area (Å²) in [7, 11) is 0. The van der Waals surface area contributed by atoms with Crippen molar-refractivity contribution in [3.05, 3.63) is 71.2 Å². The quantitative estimate of drug-likeness (QED) is 0.409. The second kappa shape index (κ2) is 11.5. The van der Waals surface area contributed by atoms with E-state index in [-0.39, 0.29) is 30.6 Å². The van der Waals surface area contributed by atoms with Gasteiger partial charge in [0.1, 0.15) is 5.56 Å². The fourth-order valence-electron chi connectivity index (χ4n) is 3.08. The van der Waals surface area contributed by atoms with Gasteiger partial charge in [-0.1, -0.05) is 12.1 Å². The fourth-order valence-corrected chi connectivity index (χ4v) is 3.08. The minimum absolute atomic E-state index is 0.196. The molecule has 4 N–H and O–H groups in total. The van der Waals surface area contributed by atoms with E-state index in [1.165, 1.54) is 12.4 Å². The maximum Gasteiger partial charge on any atom is 0.341 e. The van der Waals surface area contributed by atoms with Crippen molar-refractivity contribution in [2.45, 2.75) is 19.9 Å². The standard InChI is InChI=1S/C24H25N7O3/c1-3-27-22(32)17-9-10-20(28-12-17)19(26)14-30-24-29-13-18(23(33)34-4-2)21(31-24)16-7-5-15(11-25)6-8-16/h5-10,12-13,19H,3-4,14,26H2,1-2H3,(H,27,32)(H,29,30,31). The molecule has 0 aliphatic heterocycles. The van der Waals surface area contributed by atoms with Gasteiger partial charge in [-0.05, 0) is 38.1 Å². The zero-order chi connectivity index (χ0) is 24.5. The third-order valence-corrected chi connectivity index (χ3v) is 4.82. The first-order valence-electron chi connectivity index (χ1n) is 10.7. The summed E-state index contributed by atoms with van der Waals surface area (Å²) < 4.78 is 5.12. The molecule has 0 aliphatic rings. The van der Waals surface area contributed by atoms with Crippen LogP contribution in [0.2, 0.25) is 0 Å². The normalized spacial score (nSPS) is 11.2. The third kappa shape index (κ3) is 5.90. The van der Waals surface area contributed by atoms with Gasteiger partial charge in [0.2, 0.25) is 5.95 Å². The van der Waals surface area contributed by atoms with Gasteiger partial charge in [-0.3, -0.25) is 9.78 Å². The molecule has 0 radical (unpaired) electrons. The number of anilines is 1. The molecule has 1 amide bonds. The smallest absolute Gasteiger partial charge is 0.341 e. The topological polar surface area (TPSA) is 156 Å². The van der Waals surface area contributed by atoms with Crippen LogP contribution in [0.3, 0.4) is 0 Å². The number of nitriles is 1. The molecule has 0 saturated carbocycles. The molecule has 0 saturated heterocycles. The molecular formula is C24H25N7O3. The van der Waals surface area contributed by atoms with Crippen LogP contribution < -0.4 is 16.4 Å². The van der Waals surface area contributed by atoms with Crippen molar-refractivity contribution >= 4 is 17.8 Å². The second-order valence-electron chi connectivity index (χ2n) is 7.18. The number of aromatic nitrogens is 3. The van der Waals surface area contributed by atoms with Crippen LogP contribution in [0.5, 0.6) is 0 Å². The highest BCUT2D eigenvalue weighted by atomic mass is 16.5. The Morgan fingerprint density at radius 2 is 1.88 bits per heavy atom. The first-order valence-corrected chi connectivity index (χ1v) is 10.7. The number of nitrogens with one attached hydrogen (secondary N) is 2. The van der Waals surface area contributed by atoms with E-state index in [0.29, 0.717) is 34.6 Å². The fraction of sp³-hybridized carbons (Fsp3) is 0.250. The number of hydrogen-bond donors (Lipinski definition) is 3. The molecule has 10 heteroatoms. The van der Waals surface area contributed by atoms with Gasteiger partial charge < -0.3 is 21.1 Å². The van der Waals surface area contributed by atoms with Crippen molar-refractivity contribution in [2.24, 2.45) is 5.73 Å². The van der Waals surface area contributed by atoms with Crippen LogP contribution in [0.4, 0.5) is 5.95 Å². The molecule has 0 bridgehead atoms. The van der Waals surface area contributed by atoms with Gasteiger partial charge in [-0.2, -0.15) is 5.26 Å². The second-order valence-corrected chi connectivity index (χ2v) is 7.18. The summed E-state index contributed by atoms with van der Waals surface area (Å²) in [4.78, 5) is 37.3. The van der Waals surface area contributed by atoms with Gasteiger partial charge in [-0.25, -0.2) is 14.8 Å². The number of esters is 1. The molecular weight excluding hydrogens is 434 g/mol. The maximum atomic E-state index is 12.4. The van der Waals surface area contributed by atoms with Gasteiger partial charge in [0.15, 0.2) is 0 Å². The summed E-state index contributed by atoms with van der Waals surface area (Å²) in [5.41, 5.74) is 9.00. The Morgan fingerprint density at radius 3 is 2.50 bits per heavy atom. The highest BCUT2D eigenvalue weighted by Gasteiger charge is 2.18. The van der Waals surface area contributed by atoms with E-state index in [2.05, 4.69) is 31.7 Å². The number of carbonyl (C=O) groups excluding carboxylic acids is 2. The van der Waals surface area contributed by atoms with E-state index < -0.39 is 12.0 Å². The molecule has 0 spiro atoms. The number of carbonyl (C=O) groups is 2. The Hall–Kier alpha value is -4.36. The number of rotatable bonds is 9. The Labute approximate surface area is 197 Å². The van der Waals surface area contributed by atoms with Gasteiger partial charge in [0.25, 0.3) is 5.91 Å². The van der Waals surface area contributed by atoms with Crippen molar-refractivity contribution in [1.29, 1.82) is 5.26 Å². The molecule has 1 atom stereocenters. The number of pyridine rings is 1. The molecule has 3 rings (SSSR count). The Kier molecular flexibility index (Phi) is 8.21. The highest BCUT2D eigenvalue weighted by Crippen LogP contribution is 2.24. The van der Waals surface area contributed by atoms with Crippen LogP contribution in [-0.4, -0.2) is 46.5 Å². The van der Waals surface area contributed by atoms with Crippen LogP contribution in [0.1, 0.15) is 51.9 Å². The zero-order valence-corrected chi connectivity index (χ0v) is 18.9. The van der Waals surface area contributed by atoms with Crippen molar-refractivity contribution in [3.8, 4) is 17.3 Å². The summed E-state index contributed by atoms with van der Waals surface area (Å²) in [6.07, 6.45) is 2.87. The maximum absolute atomic E-state index is 12.4. The number of nitrogens with two attached hydrogens (primary N) is 1. The lowest BCUT2D eigenvalue weighted by Crippen LogP contribution is -2.24. The predicted octanol–water partition coefficient (Wildman–Crippen LogP) is 2.45. The minimum Gasteiger partial charge on any atom is -0.462 e. The van der Waals surface area contributed by atoms with E-state index in [1.807, 2.05) is 6.92 Å².